The van der Waals surface area contributed by atoms with Crippen LogP contribution in [0.2, 0.25) is 0 Å². The Labute approximate surface area is 132 Å². The number of hydrogen-bond acceptors (Lipinski definition) is 3. The fraction of sp³-hybridized carbons (Fsp3) is 0.250. The molecular weight excluding hydrogens is 303 g/mol. The lowest BCUT2D eigenvalue weighted by Gasteiger charge is -2.16. The van der Waals surface area contributed by atoms with Crippen LogP contribution in [0.1, 0.15) is 27.7 Å². The first-order chi connectivity index (χ1) is 10.8. The fourth-order valence-electron chi connectivity index (χ4n) is 2.21. The van der Waals surface area contributed by atoms with Gasteiger partial charge in [0.1, 0.15) is 0 Å². The minimum atomic E-state index is -1.36. The summed E-state index contributed by atoms with van der Waals surface area (Å²) in [6, 6.07) is 4.00. The predicted octanol–water partition coefficient (Wildman–Crippen LogP) is 2.04. The van der Waals surface area contributed by atoms with Gasteiger partial charge in [-0.2, -0.15) is 0 Å². The molecule has 1 aromatic carbocycles. The van der Waals surface area contributed by atoms with Gasteiger partial charge in [0.15, 0.2) is 17.6 Å². The Morgan fingerprint density at radius 3 is 2.52 bits per heavy atom. The molecule has 0 spiro atoms. The van der Waals surface area contributed by atoms with E-state index in [1.54, 1.807) is 30.8 Å². The van der Waals surface area contributed by atoms with Gasteiger partial charge in [0.25, 0.3) is 5.91 Å². The molecule has 0 aliphatic rings. The van der Waals surface area contributed by atoms with E-state index in [2.05, 4.69) is 5.32 Å². The first kappa shape index (κ1) is 16.5. The molecule has 0 bridgehead atoms. The molecule has 23 heavy (non-hydrogen) atoms. The van der Waals surface area contributed by atoms with E-state index in [4.69, 9.17) is 4.74 Å². The lowest BCUT2D eigenvalue weighted by atomic mass is 10.1. The molecule has 0 aliphatic heterocycles. The Balaban J connectivity index is 2.29. The predicted molar refractivity (Wildman–Crippen MR) is 80.9 cm³/mol. The average Bonchev–Trinajstić information content (AvgIpc) is 2.84. The van der Waals surface area contributed by atoms with Gasteiger partial charge in [0.05, 0.1) is 12.7 Å². The smallest absolute Gasteiger partial charge is 0.330 e. The number of aromatic nitrogens is 1. The maximum atomic E-state index is 13.8. The van der Waals surface area contributed by atoms with Crippen LogP contribution in [-0.2, 0) is 11.8 Å². The Morgan fingerprint density at radius 1 is 1.35 bits per heavy atom. The molecule has 1 unspecified atom stereocenters. The molecule has 0 fully saturated rings. The number of hydrogen-bond donors (Lipinski definition) is 2. The van der Waals surface area contributed by atoms with E-state index >= 15 is 0 Å². The van der Waals surface area contributed by atoms with Gasteiger partial charge in [-0.05, 0) is 30.7 Å². The zero-order chi connectivity index (χ0) is 17.1. The summed E-state index contributed by atoms with van der Waals surface area (Å²) in [5, 5.41) is 11.7. The van der Waals surface area contributed by atoms with Crippen molar-refractivity contribution >= 4 is 11.9 Å². The van der Waals surface area contributed by atoms with E-state index in [0.29, 0.717) is 11.3 Å². The second kappa shape index (κ2) is 6.51. The number of carbonyl (C=O) groups excluding carboxylic acids is 1. The number of amides is 1. The summed E-state index contributed by atoms with van der Waals surface area (Å²) in [6.07, 6.45) is 1.70. The highest BCUT2D eigenvalue weighted by Crippen LogP contribution is 2.22. The van der Waals surface area contributed by atoms with Crippen LogP contribution in [0.15, 0.2) is 30.5 Å². The second-order valence-electron chi connectivity index (χ2n) is 5.06. The van der Waals surface area contributed by atoms with Gasteiger partial charge in [0.2, 0.25) is 0 Å². The molecule has 6 nitrogen and oxygen atoms in total. The fourth-order valence-corrected chi connectivity index (χ4v) is 2.21. The minimum Gasteiger partial charge on any atom is -0.494 e. The van der Waals surface area contributed by atoms with Gasteiger partial charge in [-0.15, -0.1) is 0 Å². The van der Waals surface area contributed by atoms with Crippen molar-refractivity contribution in [2.24, 2.45) is 7.05 Å². The number of methoxy groups -OCH3 is 1. The van der Waals surface area contributed by atoms with Crippen molar-refractivity contribution in [3.05, 3.63) is 53.1 Å². The Hall–Kier alpha value is -2.83. The first-order valence-electron chi connectivity index (χ1n) is 6.84. The maximum Gasteiger partial charge on any atom is 0.330 e. The normalized spacial score (nSPS) is 11.8. The maximum absolute atomic E-state index is 13.8. The quantitative estimate of drug-likeness (QED) is 0.883. The topological polar surface area (TPSA) is 80.6 Å². The summed E-state index contributed by atoms with van der Waals surface area (Å²) in [7, 11) is 3.09. The molecule has 0 radical (unpaired) electrons. The van der Waals surface area contributed by atoms with Crippen LogP contribution in [0.3, 0.4) is 0 Å². The van der Waals surface area contributed by atoms with Crippen molar-refractivity contribution in [2.75, 3.05) is 7.11 Å². The van der Waals surface area contributed by atoms with Crippen LogP contribution in [0.4, 0.5) is 4.39 Å². The van der Waals surface area contributed by atoms with Crippen molar-refractivity contribution in [1.82, 2.24) is 9.88 Å². The summed E-state index contributed by atoms with van der Waals surface area (Å²) >= 11 is 0. The molecule has 0 aliphatic carbocycles. The number of benzene rings is 1. The third-order valence-corrected chi connectivity index (χ3v) is 3.66. The molecule has 0 saturated carbocycles. The monoisotopic (exact) mass is 320 g/mol. The number of nitrogens with zero attached hydrogens (tertiary/aromatic N) is 1. The number of nitrogens with one attached hydrogen (secondary N) is 1. The second-order valence-corrected chi connectivity index (χ2v) is 5.06. The minimum absolute atomic E-state index is 0.00289. The van der Waals surface area contributed by atoms with E-state index in [1.165, 1.54) is 19.2 Å². The van der Waals surface area contributed by atoms with E-state index in [-0.39, 0.29) is 11.3 Å². The third-order valence-electron chi connectivity index (χ3n) is 3.66. The molecule has 2 N–H and O–H groups in total. The van der Waals surface area contributed by atoms with Crippen LogP contribution in [0.25, 0.3) is 0 Å². The zero-order valence-electron chi connectivity index (χ0n) is 13.0. The number of ether oxygens (including phenoxy) is 1. The van der Waals surface area contributed by atoms with Crippen LogP contribution >= 0.6 is 0 Å². The number of rotatable bonds is 5. The van der Waals surface area contributed by atoms with Gasteiger partial charge in [-0.1, -0.05) is 6.07 Å². The SMILES string of the molecule is COc1ccc(C(NC(=O)c2ccn(C)c2C)C(=O)O)cc1F. The van der Waals surface area contributed by atoms with Crippen molar-refractivity contribution in [3.8, 4) is 5.75 Å². The molecule has 1 atom stereocenters. The first-order valence-corrected chi connectivity index (χ1v) is 6.84. The van der Waals surface area contributed by atoms with Gasteiger partial charge in [0, 0.05) is 18.9 Å². The van der Waals surface area contributed by atoms with Gasteiger partial charge in [-0.3, -0.25) is 4.79 Å². The summed E-state index contributed by atoms with van der Waals surface area (Å²) in [6.45, 7) is 1.75. The van der Waals surface area contributed by atoms with E-state index in [9.17, 15) is 19.1 Å². The average molecular weight is 320 g/mol. The van der Waals surface area contributed by atoms with Crippen LogP contribution in [-0.4, -0.2) is 28.7 Å². The summed E-state index contributed by atoms with van der Waals surface area (Å²) in [5.41, 5.74) is 1.19. The molecular formula is C16H17FN2O4. The Morgan fingerprint density at radius 2 is 2.04 bits per heavy atom. The molecule has 1 amide bonds. The van der Waals surface area contributed by atoms with Gasteiger partial charge >= 0.3 is 5.97 Å². The van der Waals surface area contributed by atoms with E-state index < -0.39 is 23.7 Å². The lowest BCUT2D eigenvalue weighted by molar-refractivity contribution is -0.139. The van der Waals surface area contributed by atoms with E-state index in [0.717, 1.165) is 6.07 Å². The number of carbonyl (C=O) groups is 2. The highest BCUT2D eigenvalue weighted by atomic mass is 19.1. The standard InChI is InChI=1S/C16H17FN2O4/c1-9-11(6-7-19(9)2)15(20)18-14(16(21)22)10-4-5-13(23-3)12(17)8-10/h4-8,14H,1-3H3,(H,18,20)(H,21,22). The van der Waals surface area contributed by atoms with Crippen LogP contribution in [0, 0.1) is 12.7 Å². The molecule has 1 aromatic heterocycles. The van der Waals surface area contributed by atoms with Crippen molar-refractivity contribution in [1.29, 1.82) is 0 Å². The number of carboxylic acids is 1. The summed E-state index contributed by atoms with van der Waals surface area (Å²) in [5.74, 6) is -2.51. The molecule has 0 saturated heterocycles. The number of aryl methyl sites for hydroxylation is 1. The van der Waals surface area contributed by atoms with Crippen molar-refractivity contribution < 1.29 is 23.8 Å². The van der Waals surface area contributed by atoms with Gasteiger partial charge < -0.3 is 19.7 Å². The molecule has 122 valence electrons. The Kier molecular flexibility index (Phi) is 4.68. The van der Waals surface area contributed by atoms with Gasteiger partial charge in [-0.25, -0.2) is 9.18 Å². The highest BCUT2D eigenvalue weighted by Gasteiger charge is 2.25. The van der Waals surface area contributed by atoms with Crippen molar-refractivity contribution in [2.45, 2.75) is 13.0 Å². The zero-order valence-corrected chi connectivity index (χ0v) is 13.0. The Bertz CT molecular complexity index is 755. The van der Waals surface area contributed by atoms with Crippen LogP contribution < -0.4 is 10.1 Å². The molecule has 7 heteroatoms. The summed E-state index contributed by atoms with van der Waals surface area (Å²) in [4.78, 5) is 23.7. The van der Waals surface area contributed by atoms with Crippen LogP contribution in [0.5, 0.6) is 5.75 Å². The van der Waals surface area contributed by atoms with E-state index in [1.807, 2.05) is 0 Å². The molecule has 2 aromatic rings. The highest BCUT2D eigenvalue weighted by molar-refractivity contribution is 5.97. The lowest BCUT2D eigenvalue weighted by Crippen LogP contribution is -2.34. The number of halogens is 1. The van der Waals surface area contributed by atoms with Crippen molar-refractivity contribution in [3.63, 3.8) is 0 Å². The summed E-state index contributed by atoms with van der Waals surface area (Å²) < 4.78 is 20.3. The largest absolute Gasteiger partial charge is 0.494 e. The number of aliphatic carboxylic acids is 1. The molecule has 1 heterocycles. The number of carboxylic acid groups (broad SMARTS) is 1. The molecule has 2 rings (SSSR count). The third kappa shape index (κ3) is 3.33.